The number of benzene rings is 3. The molecule has 0 aliphatic carbocycles. The van der Waals surface area contributed by atoms with Gasteiger partial charge in [-0.3, -0.25) is 4.79 Å². The van der Waals surface area contributed by atoms with Crippen molar-refractivity contribution in [1.29, 1.82) is 0 Å². The van der Waals surface area contributed by atoms with Crippen LogP contribution >= 0.6 is 0 Å². The van der Waals surface area contributed by atoms with Gasteiger partial charge in [0.15, 0.2) is 0 Å². The highest BCUT2D eigenvalue weighted by molar-refractivity contribution is 5.77. The number of carbonyl (C=O) groups excluding carboxylic acids is 1. The van der Waals surface area contributed by atoms with E-state index < -0.39 is 0 Å². The van der Waals surface area contributed by atoms with E-state index in [1.807, 2.05) is 67.6 Å². The molecule has 1 atom stereocenters. The molecule has 1 amide bonds. The summed E-state index contributed by atoms with van der Waals surface area (Å²) in [5.74, 6) is 0.923. The van der Waals surface area contributed by atoms with Crippen molar-refractivity contribution in [2.24, 2.45) is 0 Å². The molecule has 0 fully saturated rings. The molecule has 3 aromatic carbocycles. The topological polar surface area (TPSA) is 68.0 Å². The molecule has 0 aliphatic heterocycles. The van der Waals surface area contributed by atoms with Gasteiger partial charge in [0.25, 0.3) is 0 Å². The lowest BCUT2D eigenvalue weighted by Crippen LogP contribution is -2.29. The molecule has 1 heterocycles. The third kappa shape index (κ3) is 4.81. The Morgan fingerprint density at radius 1 is 0.900 bits per heavy atom. The van der Waals surface area contributed by atoms with E-state index in [0.29, 0.717) is 18.1 Å². The summed E-state index contributed by atoms with van der Waals surface area (Å²) in [4.78, 5) is 17.1. The minimum atomic E-state index is -0.207. The second kappa shape index (κ2) is 9.18. The Hall–Kier alpha value is -3.73. The molecule has 0 spiro atoms. The van der Waals surface area contributed by atoms with Crippen LogP contribution in [-0.2, 0) is 11.2 Å². The van der Waals surface area contributed by atoms with Crippen LogP contribution < -0.4 is 5.32 Å². The van der Waals surface area contributed by atoms with E-state index in [2.05, 4.69) is 39.7 Å². The van der Waals surface area contributed by atoms with Crippen LogP contribution in [0.25, 0.3) is 11.4 Å². The Balaban J connectivity index is 1.43. The van der Waals surface area contributed by atoms with Crippen LogP contribution in [0.1, 0.15) is 35.0 Å². The number of aryl methyl sites for hydroxylation is 2. The lowest BCUT2D eigenvalue weighted by molar-refractivity contribution is -0.121. The van der Waals surface area contributed by atoms with Gasteiger partial charge in [-0.15, -0.1) is 0 Å². The van der Waals surface area contributed by atoms with Gasteiger partial charge in [0, 0.05) is 18.4 Å². The lowest BCUT2D eigenvalue weighted by Gasteiger charge is -2.20. The van der Waals surface area contributed by atoms with Crippen LogP contribution in [0.2, 0.25) is 0 Å². The quantitative estimate of drug-likeness (QED) is 0.482. The molecule has 1 aromatic heterocycles. The normalized spacial score (nSPS) is 11.8. The molecule has 0 radical (unpaired) electrons. The van der Waals surface area contributed by atoms with Crippen molar-refractivity contribution < 1.29 is 9.32 Å². The number of aromatic nitrogens is 2. The van der Waals surface area contributed by atoms with Gasteiger partial charge in [0.05, 0.1) is 6.04 Å². The predicted molar refractivity (Wildman–Crippen MR) is 116 cm³/mol. The Morgan fingerprint density at radius 2 is 1.53 bits per heavy atom. The van der Waals surface area contributed by atoms with Crippen LogP contribution in [0.3, 0.4) is 0 Å². The molecule has 4 aromatic rings. The van der Waals surface area contributed by atoms with E-state index in [-0.39, 0.29) is 18.4 Å². The second-order valence-electron chi connectivity index (χ2n) is 7.20. The maximum Gasteiger partial charge on any atom is 0.227 e. The third-order valence-electron chi connectivity index (χ3n) is 4.91. The molecule has 5 nitrogen and oxygen atoms in total. The monoisotopic (exact) mass is 397 g/mol. The molecule has 5 heteroatoms. The first-order chi connectivity index (χ1) is 14.7. The van der Waals surface area contributed by atoms with Gasteiger partial charge in [0.1, 0.15) is 0 Å². The molecule has 1 unspecified atom stereocenters. The van der Waals surface area contributed by atoms with Crippen LogP contribution in [0, 0.1) is 6.92 Å². The van der Waals surface area contributed by atoms with Gasteiger partial charge in [-0.2, -0.15) is 4.98 Å². The van der Waals surface area contributed by atoms with Gasteiger partial charge in [-0.25, -0.2) is 0 Å². The van der Waals surface area contributed by atoms with Gasteiger partial charge in [0.2, 0.25) is 17.6 Å². The SMILES string of the molecule is Cc1ccc(C(NC(=O)CCc2nc(-c3ccccc3)no2)c2ccccc2)cc1. The van der Waals surface area contributed by atoms with Crippen LogP contribution in [-0.4, -0.2) is 16.0 Å². The van der Waals surface area contributed by atoms with Crippen molar-refractivity contribution in [3.8, 4) is 11.4 Å². The summed E-state index contributed by atoms with van der Waals surface area (Å²) in [5, 5.41) is 7.16. The smallest absolute Gasteiger partial charge is 0.227 e. The first-order valence-corrected chi connectivity index (χ1v) is 9.98. The molecule has 150 valence electrons. The first kappa shape index (κ1) is 19.6. The molecular formula is C25H23N3O2. The molecule has 4 rings (SSSR count). The molecule has 0 saturated heterocycles. The number of carbonyl (C=O) groups is 1. The van der Waals surface area contributed by atoms with Crippen molar-refractivity contribution in [1.82, 2.24) is 15.5 Å². The average Bonchev–Trinajstić information content (AvgIpc) is 3.27. The van der Waals surface area contributed by atoms with Crippen molar-refractivity contribution >= 4 is 5.91 Å². The number of rotatable bonds is 7. The number of hydrogen-bond donors (Lipinski definition) is 1. The van der Waals surface area contributed by atoms with E-state index in [1.54, 1.807) is 0 Å². The Labute approximate surface area is 175 Å². The zero-order chi connectivity index (χ0) is 20.8. The van der Waals surface area contributed by atoms with Gasteiger partial charge >= 0.3 is 0 Å². The highest BCUT2D eigenvalue weighted by Crippen LogP contribution is 2.23. The Morgan fingerprint density at radius 3 is 2.23 bits per heavy atom. The third-order valence-corrected chi connectivity index (χ3v) is 4.91. The van der Waals surface area contributed by atoms with Gasteiger partial charge < -0.3 is 9.84 Å². The van der Waals surface area contributed by atoms with Crippen molar-refractivity contribution in [3.05, 3.63) is 108 Å². The number of nitrogens with zero attached hydrogens (tertiary/aromatic N) is 2. The van der Waals surface area contributed by atoms with Crippen molar-refractivity contribution in [3.63, 3.8) is 0 Å². The molecule has 0 bridgehead atoms. The van der Waals surface area contributed by atoms with E-state index in [4.69, 9.17) is 4.52 Å². The average molecular weight is 397 g/mol. The summed E-state index contributed by atoms with van der Waals surface area (Å²) in [7, 11) is 0. The van der Waals surface area contributed by atoms with Crippen LogP contribution in [0.15, 0.2) is 89.5 Å². The molecule has 30 heavy (non-hydrogen) atoms. The predicted octanol–water partition coefficient (Wildman–Crippen LogP) is 4.88. The summed E-state index contributed by atoms with van der Waals surface area (Å²) in [6.07, 6.45) is 0.659. The van der Waals surface area contributed by atoms with E-state index in [9.17, 15) is 4.79 Å². The largest absolute Gasteiger partial charge is 0.345 e. The molecular weight excluding hydrogens is 374 g/mol. The highest BCUT2D eigenvalue weighted by Gasteiger charge is 2.17. The first-order valence-electron chi connectivity index (χ1n) is 9.98. The van der Waals surface area contributed by atoms with Crippen LogP contribution in [0.4, 0.5) is 0 Å². The number of amides is 1. The summed E-state index contributed by atoms with van der Waals surface area (Å²) in [6, 6.07) is 27.6. The minimum absolute atomic E-state index is 0.0658. The summed E-state index contributed by atoms with van der Waals surface area (Å²) in [6.45, 7) is 2.05. The zero-order valence-corrected chi connectivity index (χ0v) is 16.8. The van der Waals surface area contributed by atoms with Crippen molar-refractivity contribution in [2.75, 3.05) is 0 Å². The van der Waals surface area contributed by atoms with E-state index in [0.717, 1.165) is 16.7 Å². The number of hydrogen-bond acceptors (Lipinski definition) is 4. The van der Waals surface area contributed by atoms with Crippen LogP contribution in [0.5, 0.6) is 0 Å². The molecule has 0 saturated carbocycles. The Kier molecular flexibility index (Phi) is 5.99. The van der Waals surface area contributed by atoms with Gasteiger partial charge in [-0.1, -0.05) is 95.6 Å². The maximum atomic E-state index is 12.7. The standard InChI is InChI=1S/C25H23N3O2/c1-18-12-14-20(15-13-18)24(19-8-4-2-5-9-19)26-22(29)16-17-23-27-25(28-30-23)21-10-6-3-7-11-21/h2-15,24H,16-17H2,1H3,(H,26,29). The van der Waals surface area contributed by atoms with Gasteiger partial charge in [-0.05, 0) is 18.1 Å². The fraction of sp³-hybridized carbons (Fsp3) is 0.160. The maximum absolute atomic E-state index is 12.7. The Bertz CT molecular complexity index is 1090. The highest BCUT2D eigenvalue weighted by atomic mass is 16.5. The summed E-state index contributed by atoms with van der Waals surface area (Å²) >= 11 is 0. The van der Waals surface area contributed by atoms with E-state index >= 15 is 0 Å². The summed E-state index contributed by atoms with van der Waals surface area (Å²) < 4.78 is 5.32. The zero-order valence-electron chi connectivity index (χ0n) is 16.8. The van der Waals surface area contributed by atoms with E-state index in [1.165, 1.54) is 5.56 Å². The summed E-state index contributed by atoms with van der Waals surface area (Å²) in [5.41, 5.74) is 4.16. The fourth-order valence-corrected chi connectivity index (χ4v) is 3.28. The minimum Gasteiger partial charge on any atom is -0.345 e. The lowest BCUT2D eigenvalue weighted by atomic mass is 9.97. The number of nitrogens with one attached hydrogen (secondary N) is 1. The molecule has 0 aliphatic rings. The van der Waals surface area contributed by atoms with Crippen molar-refractivity contribution in [2.45, 2.75) is 25.8 Å². The fourth-order valence-electron chi connectivity index (χ4n) is 3.28. The molecule has 1 N–H and O–H groups in total. The second-order valence-corrected chi connectivity index (χ2v) is 7.20.